The van der Waals surface area contributed by atoms with Crippen molar-refractivity contribution in [1.29, 1.82) is 0 Å². The van der Waals surface area contributed by atoms with Crippen molar-refractivity contribution in [3.8, 4) is 5.75 Å². The highest BCUT2D eigenvalue weighted by molar-refractivity contribution is 6.33. The molecule has 1 atom stereocenters. The van der Waals surface area contributed by atoms with Crippen molar-refractivity contribution in [1.82, 2.24) is 10.2 Å². The third kappa shape index (κ3) is 4.57. The van der Waals surface area contributed by atoms with Crippen molar-refractivity contribution in [2.24, 2.45) is 0 Å². The maximum Gasteiger partial charge on any atom is 0.252 e. The Kier molecular flexibility index (Phi) is 6.53. The number of nitrogens with zero attached hydrogens (tertiary/aromatic N) is 1. The average Bonchev–Trinajstić information content (AvgIpc) is 2.69. The van der Waals surface area contributed by atoms with Crippen LogP contribution in [0.15, 0.2) is 48.5 Å². The van der Waals surface area contributed by atoms with Crippen molar-refractivity contribution < 1.29 is 9.53 Å². The number of hydrogen-bond acceptors (Lipinski definition) is 3. The molecule has 0 spiro atoms. The molecule has 1 aliphatic rings. The first-order chi connectivity index (χ1) is 12.7. The van der Waals surface area contributed by atoms with E-state index in [0.29, 0.717) is 17.1 Å². The number of piperidine rings is 1. The SMILES string of the molecule is COc1ccc(C(CNC(=O)c2ccccc2Cl)N2CCCCC2)cc1. The molecule has 3 rings (SSSR count). The summed E-state index contributed by atoms with van der Waals surface area (Å²) in [5.74, 6) is 0.706. The number of methoxy groups -OCH3 is 1. The van der Waals surface area contributed by atoms with E-state index < -0.39 is 0 Å². The molecule has 1 saturated heterocycles. The lowest BCUT2D eigenvalue weighted by molar-refractivity contribution is 0.0924. The van der Waals surface area contributed by atoms with Crippen molar-refractivity contribution in [2.45, 2.75) is 25.3 Å². The van der Waals surface area contributed by atoms with Gasteiger partial charge in [-0.05, 0) is 55.8 Å². The highest BCUT2D eigenvalue weighted by Crippen LogP contribution is 2.26. The number of benzene rings is 2. The lowest BCUT2D eigenvalue weighted by atomic mass is 10.0. The Morgan fingerprint density at radius 3 is 2.46 bits per heavy atom. The first-order valence-corrected chi connectivity index (χ1v) is 9.47. The van der Waals surface area contributed by atoms with E-state index in [4.69, 9.17) is 16.3 Å². The van der Waals surface area contributed by atoms with Gasteiger partial charge in [-0.1, -0.05) is 42.3 Å². The van der Waals surface area contributed by atoms with E-state index in [1.807, 2.05) is 24.3 Å². The second-order valence-electron chi connectivity index (χ2n) is 6.58. The van der Waals surface area contributed by atoms with Gasteiger partial charge in [0.25, 0.3) is 5.91 Å². The van der Waals surface area contributed by atoms with E-state index in [1.54, 1.807) is 19.2 Å². The van der Waals surface area contributed by atoms with E-state index in [0.717, 1.165) is 18.8 Å². The summed E-state index contributed by atoms with van der Waals surface area (Å²) in [4.78, 5) is 15.0. The molecule has 1 N–H and O–H groups in total. The highest BCUT2D eigenvalue weighted by Gasteiger charge is 2.23. The molecular weight excluding hydrogens is 348 g/mol. The zero-order chi connectivity index (χ0) is 18.4. The number of carbonyl (C=O) groups excluding carboxylic acids is 1. The summed E-state index contributed by atoms with van der Waals surface area (Å²) in [7, 11) is 1.67. The Morgan fingerprint density at radius 2 is 1.81 bits per heavy atom. The van der Waals surface area contributed by atoms with Gasteiger partial charge >= 0.3 is 0 Å². The third-order valence-corrected chi connectivity index (χ3v) is 5.24. The molecular formula is C21H25ClN2O2. The van der Waals surface area contributed by atoms with Crippen LogP contribution in [-0.4, -0.2) is 37.6 Å². The summed E-state index contributed by atoms with van der Waals surface area (Å²) in [5.41, 5.74) is 1.70. The van der Waals surface area contributed by atoms with Gasteiger partial charge < -0.3 is 10.1 Å². The van der Waals surface area contributed by atoms with E-state index in [2.05, 4.69) is 22.3 Å². The number of amides is 1. The maximum atomic E-state index is 12.6. The summed E-state index contributed by atoms with van der Waals surface area (Å²) in [5, 5.41) is 3.54. The zero-order valence-corrected chi connectivity index (χ0v) is 15.8. The summed E-state index contributed by atoms with van der Waals surface area (Å²) in [6, 6.07) is 15.4. The summed E-state index contributed by atoms with van der Waals surface area (Å²) in [6.07, 6.45) is 3.67. The summed E-state index contributed by atoms with van der Waals surface area (Å²) in [6.45, 7) is 2.66. The van der Waals surface area contributed by atoms with Crippen LogP contribution in [0.4, 0.5) is 0 Å². The third-order valence-electron chi connectivity index (χ3n) is 4.91. The number of nitrogens with one attached hydrogen (secondary N) is 1. The molecule has 138 valence electrons. The minimum atomic E-state index is -0.133. The quantitative estimate of drug-likeness (QED) is 0.821. The molecule has 1 unspecified atom stereocenters. The lowest BCUT2D eigenvalue weighted by Crippen LogP contribution is -2.40. The fourth-order valence-corrected chi connectivity index (χ4v) is 3.67. The molecule has 0 aliphatic carbocycles. The van der Waals surface area contributed by atoms with Gasteiger partial charge in [0.1, 0.15) is 5.75 Å². The van der Waals surface area contributed by atoms with Gasteiger partial charge in [-0.2, -0.15) is 0 Å². The molecule has 0 saturated carbocycles. The van der Waals surface area contributed by atoms with E-state index in [-0.39, 0.29) is 11.9 Å². The Bertz CT molecular complexity index is 727. The van der Waals surface area contributed by atoms with E-state index in [1.165, 1.54) is 24.8 Å². The first-order valence-electron chi connectivity index (χ1n) is 9.10. The number of ether oxygens (including phenoxy) is 1. The van der Waals surface area contributed by atoms with Crippen LogP contribution < -0.4 is 10.1 Å². The smallest absolute Gasteiger partial charge is 0.252 e. The number of carbonyl (C=O) groups is 1. The van der Waals surface area contributed by atoms with Gasteiger partial charge in [-0.15, -0.1) is 0 Å². The second-order valence-corrected chi connectivity index (χ2v) is 6.98. The van der Waals surface area contributed by atoms with Crippen molar-refractivity contribution in [2.75, 3.05) is 26.7 Å². The van der Waals surface area contributed by atoms with Crippen LogP contribution in [0.25, 0.3) is 0 Å². The minimum Gasteiger partial charge on any atom is -0.497 e. The Morgan fingerprint density at radius 1 is 1.12 bits per heavy atom. The van der Waals surface area contributed by atoms with Crippen molar-refractivity contribution in [3.63, 3.8) is 0 Å². The average molecular weight is 373 g/mol. The Balaban J connectivity index is 1.74. The second kappa shape index (κ2) is 9.06. The number of rotatable bonds is 6. The fourth-order valence-electron chi connectivity index (χ4n) is 3.44. The van der Waals surface area contributed by atoms with Crippen molar-refractivity contribution in [3.05, 3.63) is 64.7 Å². The standard InChI is InChI=1S/C21H25ClN2O2/c1-26-17-11-9-16(10-12-17)20(24-13-5-2-6-14-24)15-23-21(25)18-7-3-4-8-19(18)22/h3-4,7-12,20H,2,5-6,13-15H2,1H3,(H,23,25). The molecule has 4 nitrogen and oxygen atoms in total. The molecule has 26 heavy (non-hydrogen) atoms. The predicted molar refractivity (Wildman–Crippen MR) is 105 cm³/mol. The van der Waals surface area contributed by atoms with Gasteiger partial charge in [0.05, 0.1) is 23.7 Å². The van der Waals surface area contributed by atoms with Gasteiger partial charge in [0.15, 0.2) is 0 Å². The first kappa shape index (κ1) is 18.7. The minimum absolute atomic E-state index is 0.133. The Hall–Kier alpha value is -2.04. The molecule has 1 fully saturated rings. The van der Waals surface area contributed by atoms with Crippen LogP contribution in [0, 0.1) is 0 Å². The molecule has 1 heterocycles. The van der Waals surface area contributed by atoms with Crippen molar-refractivity contribution >= 4 is 17.5 Å². The number of hydrogen-bond donors (Lipinski definition) is 1. The topological polar surface area (TPSA) is 41.6 Å². The molecule has 1 amide bonds. The largest absolute Gasteiger partial charge is 0.497 e. The predicted octanol–water partition coefficient (Wildman–Crippen LogP) is 4.31. The van der Waals surface area contributed by atoms with E-state index in [9.17, 15) is 4.79 Å². The van der Waals surface area contributed by atoms with Gasteiger partial charge in [0, 0.05) is 6.54 Å². The van der Waals surface area contributed by atoms with Gasteiger partial charge in [0.2, 0.25) is 0 Å². The molecule has 1 aliphatic heterocycles. The molecule has 2 aromatic rings. The number of likely N-dealkylation sites (tertiary alicyclic amines) is 1. The van der Waals surface area contributed by atoms with E-state index >= 15 is 0 Å². The van der Waals surface area contributed by atoms with Gasteiger partial charge in [-0.3, -0.25) is 9.69 Å². The highest BCUT2D eigenvalue weighted by atomic mass is 35.5. The van der Waals surface area contributed by atoms with Crippen LogP contribution in [0.2, 0.25) is 5.02 Å². The van der Waals surface area contributed by atoms with Crippen LogP contribution >= 0.6 is 11.6 Å². The molecule has 0 bridgehead atoms. The lowest BCUT2D eigenvalue weighted by Gasteiger charge is -2.35. The number of halogens is 1. The summed E-state index contributed by atoms with van der Waals surface area (Å²) < 4.78 is 5.27. The molecule has 0 radical (unpaired) electrons. The Labute approximate surface area is 160 Å². The molecule has 2 aromatic carbocycles. The maximum absolute atomic E-state index is 12.6. The normalized spacial score (nSPS) is 16.1. The molecule has 0 aromatic heterocycles. The van der Waals surface area contributed by atoms with Crippen LogP contribution in [0.1, 0.15) is 41.2 Å². The van der Waals surface area contributed by atoms with Crippen LogP contribution in [-0.2, 0) is 0 Å². The molecule has 5 heteroatoms. The summed E-state index contributed by atoms with van der Waals surface area (Å²) >= 11 is 6.15. The van der Waals surface area contributed by atoms with Crippen LogP contribution in [0.3, 0.4) is 0 Å². The monoisotopic (exact) mass is 372 g/mol. The zero-order valence-electron chi connectivity index (χ0n) is 15.1. The van der Waals surface area contributed by atoms with Crippen LogP contribution in [0.5, 0.6) is 5.75 Å². The fraction of sp³-hybridized carbons (Fsp3) is 0.381. The van der Waals surface area contributed by atoms with Gasteiger partial charge in [-0.25, -0.2) is 0 Å².